The van der Waals surface area contributed by atoms with Crippen molar-refractivity contribution in [3.05, 3.63) is 23.7 Å². The minimum atomic E-state index is -0.266. The Labute approximate surface area is 129 Å². The van der Waals surface area contributed by atoms with Gasteiger partial charge in [0.2, 0.25) is 0 Å². The second-order valence-corrected chi connectivity index (χ2v) is 6.53. The first-order valence-corrected chi connectivity index (χ1v) is 8.11. The number of nitrogens with zero attached hydrogens (tertiary/aromatic N) is 3. The van der Waals surface area contributed by atoms with Gasteiger partial charge in [0, 0.05) is 11.1 Å². The fourth-order valence-electron chi connectivity index (χ4n) is 1.96. The third kappa shape index (κ3) is 2.58. The molecule has 3 aromatic heterocycles. The zero-order valence-electron chi connectivity index (χ0n) is 11.8. The fraction of sp³-hybridized carbons (Fsp3) is 0.286. The lowest BCUT2D eigenvalue weighted by atomic mass is 10.2. The molecule has 3 heterocycles. The third-order valence-electron chi connectivity index (χ3n) is 3.21. The predicted molar refractivity (Wildman–Crippen MR) is 84.9 cm³/mol. The third-order valence-corrected chi connectivity index (χ3v) is 5.40. The van der Waals surface area contributed by atoms with Crippen molar-refractivity contribution < 1.29 is 9.53 Å². The Morgan fingerprint density at radius 1 is 1.38 bits per heavy atom. The molecule has 0 saturated heterocycles. The SMILES string of the molecule is COC(=O)CSc1ncnc2c1sc1nc(C)c(C)cc12. The number of methoxy groups -OCH3 is 1. The van der Waals surface area contributed by atoms with Crippen LogP contribution in [0.1, 0.15) is 11.3 Å². The number of carbonyl (C=O) groups excluding carboxylic acids is 1. The van der Waals surface area contributed by atoms with Gasteiger partial charge in [0.1, 0.15) is 16.2 Å². The Kier molecular flexibility index (Phi) is 3.77. The number of aryl methyl sites for hydroxylation is 2. The molecule has 0 atom stereocenters. The highest BCUT2D eigenvalue weighted by Gasteiger charge is 2.14. The van der Waals surface area contributed by atoms with Crippen LogP contribution >= 0.6 is 23.1 Å². The molecular formula is C14H13N3O2S2. The largest absolute Gasteiger partial charge is 0.468 e. The molecule has 0 saturated carbocycles. The quantitative estimate of drug-likeness (QED) is 0.420. The molecule has 3 aromatic rings. The van der Waals surface area contributed by atoms with E-state index in [1.807, 2.05) is 13.8 Å². The van der Waals surface area contributed by atoms with Gasteiger partial charge in [-0.25, -0.2) is 15.0 Å². The highest BCUT2D eigenvalue weighted by Crippen LogP contribution is 2.36. The molecule has 21 heavy (non-hydrogen) atoms. The summed E-state index contributed by atoms with van der Waals surface area (Å²) in [6, 6.07) is 2.11. The van der Waals surface area contributed by atoms with Gasteiger partial charge in [-0.1, -0.05) is 11.8 Å². The van der Waals surface area contributed by atoms with Crippen molar-refractivity contribution in [3.8, 4) is 0 Å². The smallest absolute Gasteiger partial charge is 0.316 e. The van der Waals surface area contributed by atoms with E-state index in [4.69, 9.17) is 0 Å². The van der Waals surface area contributed by atoms with E-state index in [1.54, 1.807) is 11.3 Å². The van der Waals surface area contributed by atoms with E-state index in [-0.39, 0.29) is 11.7 Å². The lowest BCUT2D eigenvalue weighted by molar-refractivity contribution is -0.137. The Bertz CT molecular complexity index is 845. The Morgan fingerprint density at radius 3 is 2.95 bits per heavy atom. The number of aromatic nitrogens is 3. The van der Waals surface area contributed by atoms with Crippen molar-refractivity contribution in [2.45, 2.75) is 18.9 Å². The molecule has 0 aliphatic rings. The van der Waals surface area contributed by atoms with Crippen LogP contribution in [0.5, 0.6) is 0 Å². The summed E-state index contributed by atoms with van der Waals surface area (Å²) in [5.74, 6) is -0.0276. The molecule has 0 unspecified atom stereocenters. The summed E-state index contributed by atoms with van der Waals surface area (Å²) in [5, 5.41) is 1.84. The number of carbonyl (C=O) groups is 1. The molecule has 0 radical (unpaired) electrons. The van der Waals surface area contributed by atoms with Gasteiger partial charge in [-0.05, 0) is 25.5 Å². The van der Waals surface area contributed by atoms with Gasteiger partial charge in [-0.15, -0.1) is 11.3 Å². The number of hydrogen-bond donors (Lipinski definition) is 0. The van der Waals surface area contributed by atoms with Crippen molar-refractivity contribution in [1.29, 1.82) is 0 Å². The highest BCUT2D eigenvalue weighted by atomic mass is 32.2. The van der Waals surface area contributed by atoms with Gasteiger partial charge in [0.05, 0.1) is 23.1 Å². The molecule has 0 N–H and O–H groups in total. The molecule has 0 aromatic carbocycles. The highest BCUT2D eigenvalue weighted by molar-refractivity contribution is 8.00. The zero-order chi connectivity index (χ0) is 15.0. The van der Waals surface area contributed by atoms with Crippen LogP contribution in [0.15, 0.2) is 17.4 Å². The van der Waals surface area contributed by atoms with E-state index in [9.17, 15) is 4.79 Å². The lowest BCUT2D eigenvalue weighted by Gasteiger charge is -2.00. The maximum Gasteiger partial charge on any atom is 0.316 e. The van der Waals surface area contributed by atoms with E-state index in [0.29, 0.717) is 0 Å². The zero-order valence-corrected chi connectivity index (χ0v) is 13.5. The minimum absolute atomic E-state index is 0.238. The number of pyridine rings is 1. The van der Waals surface area contributed by atoms with Gasteiger partial charge in [0.15, 0.2) is 0 Å². The van der Waals surface area contributed by atoms with E-state index >= 15 is 0 Å². The molecular weight excluding hydrogens is 306 g/mol. The fourth-order valence-corrected chi connectivity index (χ4v) is 4.02. The summed E-state index contributed by atoms with van der Waals surface area (Å²) in [4.78, 5) is 25.5. The number of thiophene rings is 1. The maximum atomic E-state index is 11.3. The number of ether oxygens (including phenoxy) is 1. The van der Waals surface area contributed by atoms with E-state index < -0.39 is 0 Å². The van der Waals surface area contributed by atoms with Crippen molar-refractivity contribution >= 4 is 49.5 Å². The number of esters is 1. The molecule has 0 aliphatic carbocycles. The summed E-state index contributed by atoms with van der Waals surface area (Å²) in [6.45, 7) is 4.04. The van der Waals surface area contributed by atoms with Crippen molar-refractivity contribution in [2.24, 2.45) is 0 Å². The summed E-state index contributed by atoms with van der Waals surface area (Å²) < 4.78 is 5.63. The predicted octanol–water partition coefficient (Wildman–Crippen LogP) is 3.12. The molecule has 7 heteroatoms. The van der Waals surface area contributed by atoms with Gasteiger partial charge in [-0.2, -0.15) is 0 Å². The van der Waals surface area contributed by atoms with Crippen LogP contribution in [0.4, 0.5) is 0 Å². The molecule has 3 rings (SSSR count). The van der Waals surface area contributed by atoms with Gasteiger partial charge in [-0.3, -0.25) is 4.79 Å². The summed E-state index contributed by atoms with van der Waals surface area (Å²) in [6.07, 6.45) is 1.53. The summed E-state index contributed by atoms with van der Waals surface area (Å²) in [7, 11) is 1.38. The monoisotopic (exact) mass is 319 g/mol. The van der Waals surface area contributed by atoms with E-state index in [1.165, 1.54) is 25.2 Å². The van der Waals surface area contributed by atoms with E-state index in [0.717, 1.165) is 36.7 Å². The second kappa shape index (κ2) is 5.57. The second-order valence-electron chi connectivity index (χ2n) is 4.57. The maximum absolute atomic E-state index is 11.3. The van der Waals surface area contributed by atoms with Crippen molar-refractivity contribution in [2.75, 3.05) is 12.9 Å². The van der Waals surface area contributed by atoms with Gasteiger partial charge in [0.25, 0.3) is 0 Å². The average Bonchev–Trinajstić information content (AvgIpc) is 2.83. The molecule has 5 nitrogen and oxygen atoms in total. The topological polar surface area (TPSA) is 65.0 Å². The van der Waals surface area contributed by atoms with E-state index in [2.05, 4.69) is 25.8 Å². The Morgan fingerprint density at radius 2 is 2.19 bits per heavy atom. The van der Waals surface area contributed by atoms with Crippen molar-refractivity contribution in [1.82, 2.24) is 15.0 Å². The normalized spacial score (nSPS) is 11.2. The molecule has 0 bridgehead atoms. The molecule has 0 aliphatic heterocycles. The standard InChI is InChI=1S/C14H13N3O2S2/c1-7-4-9-11-12(21-13(9)17-8(7)2)14(16-6-15-11)20-5-10(18)19-3/h4,6H,5H2,1-3H3. The van der Waals surface area contributed by atoms with Crippen LogP contribution in [-0.4, -0.2) is 33.8 Å². The van der Waals surface area contributed by atoms with Crippen LogP contribution in [0, 0.1) is 13.8 Å². The van der Waals surface area contributed by atoms with Crippen LogP contribution in [0.3, 0.4) is 0 Å². The first-order valence-electron chi connectivity index (χ1n) is 6.31. The first kappa shape index (κ1) is 14.2. The number of hydrogen-bond acceptors (Lipinski definition) is 7. The molecule has 0 fully saturated rings. The summed E-state index contributed by atoms with van der Waals surface area (Å²) >= 11 is 2.92. The Balaban J connectivity index is 2.13. The molecule has 0 amide bonds. The number of rotatable bonds is 3. The van der Waals surface area contributed by atoms with Crippen molar-refractivity contribution in [3.63, 3.8) is 0 Å². The van der Waals surface area contributed by atoms with Gasteiger partial charge < -0.3 is 4.74 Å². The minimum Gasteiger partial charge on any atom is -0.468 e. The number of thioether (sulfide) groups is 1. The average molecular weight is 319 g/mol. The summed E-state index contributed by atoms with van der Waals surface area (Å²) in [5.41, 5.74) is 3.06. The van der Waals surface area contributed by atoms with Gasteiger partial charge >= 0.3 is 5.97 Å². The lowest BCUT2D eigenvalue weighted by Crippen LogP contribution is -2.03. The Hall–Kier alpha value is -1.73. The first-order chi connectivity index (χ1) is 10.1. The van der Waals surface area contributed by atoms with Crippen LogP contribution < -0.4 is 0 Å². The number of fused-ring (bicyclic) bond motifs is 3. The molecule has 108 valence electrons. The molecule has 0 spiro atoms. The van der Waals surface area contributed by atoms with Crippen LogP contribution in [0.2, 0.25) is 0 Å². The van der Waals surface area contributed by atoms with Crippen LogP contribution in [-0.2, 0) is 9.53 Å². The van der Waals surface area contributed by atoms with Crippen LogP contribution in [0.25, 0.3) is 20.4 Å².